The number of halogens is 2. The molecule has 0 radical (unpaired) electrons. The summed E-state index contributed by atoms with van der Waals surface area (Å²) in [5.41, 5.74) is 2.62. The highest BCUT2D eigenvalue weighted by Gasteiger charge is 2.05. The van der Waals surface area contributed by atoms with E-state index in [0.29, 0.717) is 6.54 Å². The van der Waals surface area contributed by atoms with Crippen molar-refractivity contribution in [2.24, 2.45) is 0 Å². The van der Waals surface area contributed by atoms with E-state index < -0.39 is 0 Å². The van der Waals surface area contributed by atoms with Gasteiger partial charge in [-0.3, -0.25) is 0 Å². The van der Waals surface area contributed by atoms with E-state index in [1.165, 1.54) is 12.1 Å². The molecule has 0 aliphatic heterocycles. The molecule has 5 heteroatoms. The van der Waals surface area contributed by atoms with Gasteiger partial charge in [0.05, 0.1) is 12.1 Å². The van der Waals surface area contributed by atoms with Crippen molar-refractivity contribution in [3.05, 3.63) is 58.3 Å². The Labute approximate surface area is 111 Å². The van der Waals surface area contributed by atoms with E-state index in [-0.39, 0.29) is 5.82 Å². The van der Waals surface area contributed by atoms with Crippen LogP contribution in [0.5, 0.6) is 0 Å². The quantitative estimate of drug-likeness (QED) is 0.726. The first-order valence-electron chi connectivity index (χ1n) is 5.45. The van der Waals surface area contributed by atoms with E-state index in [9.17, 15) is 4.39 Å². The molecule has 0 unspecified atom stereocenters. The fourth-order valence-corrected chi connectivity index (χ4v) is 2.21. The van der Waals surface area contributed by atoms with Crippen LogP contribution in [-0.2, 0) is 6.54 Å². The van der Waals surface area contributed by atoms with Crippen LogP contribution in [0.4, 0.5) is 4.39 Å². The number of hydrogen-bond acceptors (Lipinski definition) is 2. The number of hydrogen-bond donors (Lipinski definition) is 0. The van der Waals surface area contributed by atoms with Crippen LogP contribution in [0.1, 0.15) is 5.56 Å². The van der Waals surface area contributed by atoms with E-state index in [2.05, 4.69) is 26.2 Å². The summed E-state index contributed by atoms with van der Waals surface area (Å²) in [6.45, 7) is 0.505. The molecule has 2 aromatic carbocycles. The summed E-state index contributed by atoms with van der Waals surface area (Å²) < 4.78 is 15.9. The third-order valence-corrected chi connectivity index (χ3v) is 3.19. The minimum atomic E-state index is -0.238. The highest BCUT2D eigenvalue weighted by Crippen LogP contribution is 2.18. The molecule has 0 amide bonds. The third-order valence-electron chi connectivity index (χ3n) is 2.70. The second kappa shape index (κ2) is 4.49. The van der Waals surface area contributed by atoms with E-state index in [1.807, 2.05) is 24.3 Å². The molecule has 1 heterocycles. The van der Waals surface area contributed by atoms with Crippen molar-refractivity contribution < 1.29 is 4.39 Å². The third kappa shape index (κ3) is 2.13. The van der Waals surface area contributed by atoms with Gasteiger partial charge in [0.2, 0.25) is 0 Å². The van der Waals surface area contributed by atoms with Crippen molar-refractivity contribution in [1.82, 2.24) is 15.0 Å². The fourth-order valence-electron chi connectivity index (χ4n) is 1.86. The Morgan fingerprint density at radius 2 is 2.06 bits per heavy atom. The van der Waals surface area contributed by atoms with Crippen molar-refractivity contribution in [3.8, 4) is 0 Å². The Morgan fingerprint density at radius 1 is 1.17 bits per heavy atom. The predicted molar refractivity (Wildman–Crippen MR) is 70.7 cm³/mol. The van der Waals surface area contributed by atoms with E-state index in [4.69, 9.17) is 0 Å². The van der Waals surface area contributed by atoms with Gasteiger partial charge in [0.1, 0.15) is 11.3 Å². The summed E-state index contributed by atoms with van der Waals surface area (Å²) in [5.74, 6) is -0.238. The van der Waals surface area contributed by atoms with E-state index in [1.54, 1.807) is 10.7 Å². The molecule has 3 nitrogen and oxygen atoms in total. The lowest BCUT2D eigenvalue weighted by Crippen LogP contribution is -2.02. The van der Waals surface area contributed by atoms with Crippen molar-refractivity contribution >= 4 is 27.0 Å². The normalized spacial score (nSPS) is 11.0. The molecule has 90 valence electrons. The van der Waals surface area contributed by atoms with Crippen LogP contribution in [0.3, 0.4) is 0 Å². The zero-order valence-electron chi connectivity index (χ0n) is 9.35. The molecular weight excluding hydrogens is 297 g/mol. The first kappa shape index (κ1) is 11.3. The zero-order chi connectivity index (χ0) is 12.5. The standard InChI is InChI=1S/C13H9BrFN3/c14-10-4-5-12-13(7-10)18(17-16-12)8-9-2-1-3-11(15)6-9/h1-7H,8H2. The summed E-state index contributed by atoms with van der Waals surface area (Å²) in [6, 6.07) is 12.3. The molecule has 3 aromatic rings. The van der Waals surface area contributed by atoms with Gasteiger partial charge >= 0.3 is 0 Å². The fraction of sp³-hybridized carbons (Fsp3) is 0.0769. The topological polar surface area (TPSA) is 30.7 Å². The van der Waals surface area contributed by atoms with Crippen molar-refractivity contribution in [2.45, 2.75) is 6.54 Å². The average molecular weight is 306 g/mol. The molecule has 0 bridgehead atoms. The van der Waals surface area contributed by atoms with Crippen LogP contribution in [0.25, 0.3) is 11.0 Å². The summed E-state index contributed by atoms with van der Waals surface area (Å²) in [7, 11) is 0. The molecule has 0 N–H and O–H groups in total. The van der Waals surface area contributed by atoms with Gasteiger partial charge in [-0.15, -0.1) is 5.10 Å². The van der Waals surface area contributed by atoms with Gasteiger partial charge in [-0.2, -0.15) is 0 Å². The maximum absolute atomic E-state index is 13.1. The molecule has 1 aromatic heterocycles. The monoisotopic (exact) mass is 305 g/mol. The van der Waals surface area contributed by atoms with Crippen LogP contribution < -0.4 is 0 Å². The number of aromatic nitrogens is 3. The van der Waals surface area contributed by atoms with Crippen LogP contribution in [-0.4, -0.2) is 15.0 Å². The maximum atomic E-state index is 13.1. The van der Waals surface area contributed by atoms with Gasteiger partial charge in [0, 0.05) is 4.47 Å². The number of fused-ring (bicyclic) bond motifs is 1. The zero-order valence-corrected chi connectivity index (χ0v) is 10.9. The highest BCUT2D eigenvalue weighted by molar-refractivity contribution is 9.10. The van der Waals surface area contributed by atoms with Crippen molar-refractivity contribution in [3.63, 3.8) is 0 Å². The highest BCUT2D eigenvalue weighted by atomic mass is 79.9. The Bertz CT molecular complexity index is 708. The predicted octanol–water partition coefficient (Wildman–Crippen LogP) is 3.38. The lowest BCUT2D eigenvalue weighted by atomic mass is 10.2. The Balaban J connectivity index is 2.02. The Hall–Kier alpha value is -1.75. The van der Waals surface area contributed by atoms with Crippen LogP contribution >= 0.6 is 15.9 Å². The lowest BCUT2D eigenvalue weighted by Gasteiger charge is -2.03. The van der Waals surface area contributed by atoms with Gasteiger partial charge in [0.15, 0.2) is 0 Å². The Kier molecular flexibility index (Phi) is 2.83. The molecule has 18 heavy (non-hydrogen) atoms. The molecule has 0 aliphatic rings. The average Bonchev–Trinajstić information content (AvgIpc) is 2.72. The van der Waals surface area contributed by atoms with Gasteiger partial charge in [0.25, 0.3) is 0 Å². The minimum absolute atomic E-state index is 0.238. The van der Waals surface area contributed by atoms with Crippen LogP contribution in [0, 0.1) is 5.82 Å². The molecule has 0 fully saturated rings. The SMILES string of the molecule is Fc1cccc(Cn2nnc3ccc(Br)cc32)c1. The van der Waals surface area contributed by atoms with Crippen LogP contribution in [0.2, 0.25) is 0 Å². The van der Waals surface area contributed by atoms with Crippen molar-refractivity contribution in [1.29, 1.82) is 0 Å². The number of nitrogens with zero attached hydrogens (tertiary/aromatic N) is 3. The smallest absolute Gasteiger partial charge is 0.123 e. The summed E-state index contributed by atoms with van der Waals surface area (Å²) in [4.78, 5) is 0. The van der Waals surface area contributed by atoms with Crippen LogP contribution in [0.15, 0.2) is 46.9 Å². The summed E-state index contributed by atoms with van der Waals surface area (Å²) >= 11 is 3.42. The number of rotatable bonds is 2. The molecule has 0 saturated carbocycles. The Morgan fingerprint density at radius 3 is 2.89 bits per heavy atom. The number of benzene rings is 2. The first-order chi connectivity index (χ1) is 8.72. The van der Waals surface area contributed by atoms with Gasteiger partial charge in [-0.1, -0.05) is 33.3 Å². The van der Waals surface area contributed by atoms with Gasteiger partial charge in [-0.05, 0) is 35.9 Å². The molecule has 0 aliphatic carbocycles. The van der Waals surface area contributed by atoms with Crippen molar-refractivity contribution in [2.75, 3.05) is 0 Å². The summed E-state index contributed by atoms with van der Waals surface area (Å²) in [5, 5.41) is 8.16. The molecule has 0 spiro atoms. The van der Waals surface area contributed by atoms with E-state index in [0.717, 1.165) is 21.1 Å². The largest absolute Gasteiger partial charge is 0.240 e. The van der Waals surface area contributed by atoms with E-state index >= 15 is 0 Å². The van der Waals surface area contributed by atoms with Gasteiger partial charge in [-0.25, -0.2) is 9.07 Å². The molecule has 3 rings (SSSR count). The minimum Gasteiger partial charge on any atom is -0.240 e. The second-order valence-electron chi connectivity index (χ2n) is 4.01. The molecular formula is C13H9BrFN3. The summed E-state index contributed by atoms with van der Waals surface area (Å²) in [6.07, 6.45) is 0. The van der Waals surface area contributed by atoms with Gasteiger partial charge < -0.3 is 0 Å². The maximum Gasteiger partial charge on any atom is 0.123 e. The second-order valence-corrected chi connectivity index (χ2v) is 4.93. The lowest BCUT2D eigenvalue weighted by molar-refractivity contribution is 0.618. The molecule has 0 atom stereocenters. The first-order valence-corrected chi connectivity index (χ1v) is 6.25. The molecule has 0 saturated heterocycles.